The van der Waals surface area contributed by atoms with E-state index in [1.54, 1.807) is 13.8 Å². The lowest BCUT2D eigenvalue weighted by Crippen LogP contribution is -2.49. The molecule has 7 nitrogen and oxygen atoms in total. The van der Waals surface area contributed by atoms with E-state index in [0.717, 1.165) is 11.8 Å². The van der Waals surface area contributed by atoms with Crippen molar-refractivity contribution < 1.29 is 35.9 Å². The summed E-state index contributed by atoms with van der Waals surface area (Å²) in [6.45, 7) is 5.10. The highest BCUT2D eigenvalue weighted by molar-refractivity contribution is 7.98. The van der Waals surface area contributed by atoms with Crippen LogP contribution in [0, 0.1) is 5.92 Å². The number of amides is 2. The zero-order valence-corrected chi connectivity index (χ0v) is 16.9. The summed E-state index contributed by atoms with van der Waals surface area (Å²) in [6, 6.07) is -1.05. The predicted molar refractivity (Wildman–Crippen MR) is 93.5 cm³/mol. The van der Waals surface area contributed by atoms with Gasteiger partial charge >= 0.3 is 24.2 Å². The molecule has 0 aromatic carbocycles. The number of rotatable bonds is 6. The van der Waals surface area contributed by atoms with Crippen LogP contribution in [0.5, 0.6) is 0 Å². The number of thioether (sulfide) groups is 1. The molecular weight excluding hydrogens is 428 g/mol. The molecule has 14 heteroatoms. The van der Waals surface area contributed by atoms with Crippen molar-refractivity contribution >= 4 is 35.5 Å². The van der Waals surface area contributed by atoms with Gasteiger partial charge in [0.2, 0.25) is 11.9 Å². The maximum absolute atomic E-state index is 13.1. The molecular formula is C15H19F6N5O2S. The quantitative estimate of drug-likeness (QED) is 0.491. The van der Waals surface area contributed by atoms with E-state index in [1.807, 2.05) is 0 Å². The van der Waals surface area contributed by atoms with Crippen LogP contribution in [0.2, 0.25) is 0 Å². The van der Waals surface area contributed by atoms with Crippen LogP contribution in [0.1, 0.15) is 27.7 Å². The van der Waals surface area contributed by atoms with Gasteiger partial charge in [-0.1, -0.05) is 25.6 Å². The molecule has 0 saturated carbocycles. The molecule has 0 radical (unpaired) electrons. The predicted octanol–water partition coefficient (Wildman–Crippen LogP) is 3.45. The number of anilines is 2. The zero-order valence-electron chi connectivity index (χ0n) is 16.1. The smallest absolute Gasteiger partial charge is 0.273 e. The van der Waals surface area contributed by atoms with Crippen LogP contribution in [0.3, 0.4) is 0 Å². The van der Waals surface area contributed by atoms with Crippen LogP contribution in [0.25, 0.3) is 0 Å². The van der Waals surface area contributed by atoms with Gasteiger partial charge < -0.3 is 0 Å². The van der Waals surface area contributed by atoms with Crippen molar-refractivity contribution in [2.75, 3.05) is 22.6 Å². The van der Waals surface area contributed by atoms with Crippen LogP contribution >= 0.6 is 11.8 Å². The van der Waals surface area contributed by atoms with Crippen molar-refractivity contribution in [2.45, 2.75) is 51.2 Å². The summed E-state index contributed by atoms with van der Waals surface area (Å²) in [5, 5.41) is -0.255. The highest BCUT2D eigenvalue weighted by Gasteiger charge is 2.47. The molecule has 1 rings (SSSR count). The van der Waals surface area contributed by atoms with E-state index in [0.29, 0.717) is 0 Å². The molecule has 1 aromatic heterocycles. The number of hydrogen-bond acceptors (Lipinski definition) is 6. The third-order valence-electron chi connectivity index (χ3n) is 3.87. The lowest BCUT2D eigenvalue weighted by molar-refractivity contribution is -0.171. The van der Waals surface area contributed by atoms with Crippen molar-refractivity contribution in [2.24, 2.45) is 5.92 Å². The monoisotopic (exact) mass is 447 g/mol. The number of nitrogens with zero attached hydrogens (tertiary/aromatic N) is 5. The first kappa shape index (κ1) is 24.9. The van der Waals surface area contributed by atoms with Gasteiger partial charge in [-0.3, -0.25) is 19.4 Å². The van der Waals surface area contributed by atoms with Crippen molar-refractivity contribution in [1.82, 2.24) is 15.0 Å². The van der Waals surface area contributed by atoms with Crippen molar-refractivity contribution in [1.29, 1.82) is 0 Å². The van der Waals surface area contributed by atoms with E-state index in [1.165, 1.54) is 20.1 Å². The van der Waals surface area contributed by atoms with Gasteiger partial charge in [0.1, 0.15) is 0 Å². The van der Waals surface area contributed by atoms with Gasteiger partial charge in [0.25, 0.3) is 0 Å². The van der Waals surface area contributed by atoms with E-state index in [9.17, 15) is 35.9 Å². The van der Waals surface area contributed by atoms with Crippen molar-refractivity contribution in [3.63, 3.8) is 0 Å². The molecule has 0 spiro atoms. The largest absolute Gasteiger partial charge is 0.471 e. The lowest BCUT2D eigenvalue weighted by atomic mass is 10.0. The van der Waals surface area contributed by atoms with Gasteiger partial charge in [-0.05, 0) is 26.0 Å². The first-order valence-electron chi connectivity index (χ1n) is 8.24. The van der Waals surface area contributed by atoms with E-state index < -0.39 is 54.6 Å². The van der Waals surface area contributed by atoms with Crippen LogP contribution in [-0.2, 0) is 9.59 Å². The molecule has 2 amide bonds. The third-order valence-corrected chi connectivity index (χ3v) is 4.42. The minimum Gasteiger partial charge on any atom is -0.273 e. The Morgan fingerprint density at radius 2 is 1.41 bits per heavy atom. The van der Waals surface area contributed by atoms with Gasteiger partial charge in [-0.2, -0.15) is 41.3 Å². The van der Waals surface area contributed by atoms with Crippen LogP contribution in [0.4, 0.5) is 38.2 Å². The molecule has 0 fully saturated rings. The fraction of sp³-hybridized carbons (Fsp3) is 0.667. The van der Waals surface area contributed by atoms with Gasteiger partial charge in [-0.25, -0.2) is 0 Å². The maximum atomic E-state index is 13.1. The first-order chi connectivity index (χ1) is 13.1. The molecule has 0 N–H and O–H groups in total. The van der Waals surface area contributed by atoms with Crippen molar-refractivity contribution in [3.05, 3.63) is 0 Å². The molecule has 164 valence electrons. The molecule has 1 atom stereocenters. The molecule has 0 aliphatic rings. The molecule has 0 aliphatic carbocycles. The van der Waals surface area contributed by atoms with E-state index in [-0.39, 0.29) is 15.0 Å². The summed E-state index contributed by atoms with van der Waals surface area (Å²) in [7, 11) is 0. The normalized spacial score (nSPS) is 13.4. The lowest BCUT2D eigenvalue weighted by Gasteiger charge is -2.31. The molecule has 0 bridgehead atoms. The zero-order chi connectivity index (χ0) is 22.7. The third kappa shape index (κ3) is 5.93. The Kier molecular flexibility index (Phi) is 7.85. The Morgan fingerprint density at radius 3 is 1.79 bits per heavy atom. The Balaban J connectivity index is 3.65. The van der Waals surface area contributed by atoms with E-state index in [2.05, 4.69) is 15.0 Å². The summed E-state index contributed by atoms with van der Waals surface area (Å²) in [5.74, 6) is -6.65. The van der Waals surface area contributed by atoms with Crippen LogP contribution in [-0.4, -0.2) is 58.0 Å². The van der Waals surface area contributed by atoms with Gasteiger partial charge in [0.15, 0.2) is 5.16 Å². The van der Waals surface area contributed by atoms with E-state index in [4.69, 9.17) is 0 Å². The summed E-state index contributed by atoms with van der Waals surface area (Å²) >= 11 is 0.800. The van der Waals surface area contributed by atoms with Crippen LogP contribution in [0.15, 0.2) is 5.16 Å². The number of halogens is 6. The van der Waals surface area contributed by atoms with Gasteiger partial charge in [0.05, 0.1) is 0 Å². The summed E-state index contributed by atoms with van der Waals surface area (Å²) < 4.78 is 77.9. The van der Waals surface area contributed by atoms with Crippen molar-refractivity contribution in [3.8, 4) is 0 Å². The van der Waals surface area contributed by atoms with Gasteiger partial charge in [-0.15, -0.1) is 0 Å². The number of alkyl halides is 6. The second kappa shape index (κ2) is 9.13. The SMILES string of the molecule is CCN(C(=O)C(F)(F)F)c1nc(SC)nc(N(C(=O)C(F)(F)F)C(C)C(C)C)n1. The number of hydrogen-bond donors (Lipinski definition) is 0. The topological polar surface area (TPSA) is 79.3 Å². The minimum atomic E-state index is -5.28. The fourth-order valence-corrected chi connectivity index (χ4v) is 2.42. The molecule has 0 aliphatic heterocycles. The minimum absolute atomic E-state index is 0.154. The maximum Gasteiger partial charge on any atom is 0.471 e. The fourth-order valence-electron chi connectivity index (χ4n) is 2.08. The number of carbonyl (C=O) groups is 2. The van der Waals surface area contributed by atoms with Gasteiger partial charge in [0, 0.05) is 12.6 Å². The molecule has 29 heavy (non-hydrogen) atoms. The standard InChI is InChI=1S/C15H19F6N5O2S/c1-6-25(9(27)14(16,17)18)11-22-12(24-13(23-11)29-5)26(8(4)7(2)3)10(28)15(19,20)21/h7-8H,6H2,1-5H3. The Labute approximate surface area is 166 Å². The highest BCUT2D eigenvalue weighted by Crippen LogP contribution is 2.29. The Hall–Kier alpha value is -2.12. The second-order valence-corrected chi connectivity index (χ2v) is 6.90. The first-order valence-corrected chi connectivity index (χ1v) is 9.46. The summed E-state index contributed by atoms with van der Waals surface area (Å²) in [4.78, 5) is 35.1. The molecule has 1 aromatic rings. The van der Waals surface area contributed by atoms with Crippen LogP contribution < -0.4 is 9.80 Å². The number of aromatic nitrogens is 3. The highest BCUT2D eigenvalue weighted by atomic mass is 32.2. The number of carbonyl (C=O) groups excluding carboxylic acids is 2. The molecule has 1 unspecified atom stereocenters. The second-order valence-electron chi connectivity index (χ2n) is 6.13. The Morgan fingerprint density at radius 1 is 0.931 bits per heavy atom. The Bertz CT molecular complexity index is 756. The summed E-state index contributed by atoms with van der Waals surface area (Å²) in [5.41, 5.74) is 0. The molecule has 0 saturated heterocycles. The molecule has 1 heterocycles. The van der Waals surface area contributed by atoms with E-state index >= 15 is 0 Å². The summed E-state index contributed by atoms with van der Waals surface area (Å²) in [6.07, 6.45) is -9.11. The average Bonchev–Trinajstić information content (AvgIpc) is 2.60. The average molecular weight is 447 g/mol.